The number of hydrogen-bond acceptors (Lipinski definition) is 7. The Balaban J connectivity index is 6.05. The highest BCUT2D eigenvalue weighted by atomic mass is 32.2. The van der Waals surface area contributed by atoms with Gasteiger partial charge in [-0.2, -0.15) is 8.42 Å². The summed E-state index contributed by atoms with van der Waals surface area (Å²) in [6.45, 7) is 15.5. The number of rotatable bonds is 8. The van der Waals surface area contributed by atoms with Crippen molar-refractivity contribution in [2.45, 2.75) is 74.0 Å². The Morgan fingerprint density at radius 1 is 0.759 bits per heavy atom. The third-order valence-electron chi connectivity index (χ3n) is 3.46. The van der Waals surface area contributed by atoms with Crippen LogP contribution in [0.3, 0.4) is 0 Å². The molecular weight excluding hydrogens is 400 g/mol. The summed E-state index contributed by atoms with van der Waals surface area (Å²) in [5.41, 5.74) is -1.52. The molecule has 0 aromatic rings. The zero-order chi connectivity index (χ0) is 23.4. The van der Waals surface area contributed by atoms with Gasteiger partial charge in [0.15, 0.2) is 0 Å². The van der Waals surface area contributed by atoms with Gasteiger partial charge in [0.25, 0.3) is 10.1 Å². The summed E-state index contributed by atoms with van der Waals surface area (Å²) in [5, 5.41) is -2.38. The molecule has 0 rings (SSSR count). The largest absolute Gasteiger partial charge is 0.465 e. The Labute approximate surface area is 174 Å². The fraction of sp³-hybridized carbons (Fsp3) is 0.850. The number of carbonyl (C=O) groups is 3. The summed E-state index contributed by atoms with van der Waals surface area (Å²) in [4.78, 5) is 38.1. The highest BCUT2D eigenvalue weighted by Crippen LogP contribution is 2.27. The summed E-state index contributed by atoms with van der Waals surface area (Å²) in [5.74, 6) is -5.36. The van der Waals surface area contributed by atoms with E-state index in [2.05, 4.69) is 0 Å². The molecule has 0 spiro atoms. The molecule has 170 valence electrons. The lowest BCUT2D eigenvalue weighted by Crippen LogP contribution is -2.48. The van der Waals surface area contributed by atoms with Crippen LogP contribution in [0, 0.1) is 22.2 Å². The quantitative estimate of drug-likeness (QED) is 0.350. The van der Waals surface area contributed by atoms with Crippen molar-refractivity contribution in [1.29, 1.82) is 0 Å². The van der Waals surface area contributed by atoms with Crippen molar-refractivity contribution in [3.8, 4) is 0 Å². The average Bonchev–Trinajstić information content (AvgIpc) is 2.43. The number of ether oxygens (including phenoxy) is 2. The number of Topliss-reactive ketones (excluding diaryl/α,β-unsaturated/α-hetero) is 1. The van der Waals surface area contributed by atoms with E-state index >= 15 is 0 Å². The molecule has 9 heteroatoms. The fourth-order valence-electron chi connectivity index (χ4n) is 2.23. The van der Waals surface area contributed by atoms with Crippen LogP contribution in [0.2, 0.25) is 0 Å². The maximum Gasteiger partial charge on any atom is 0.328 e. The molecule has 0 radical (unpaired) electrons. The molecule has 0 aromatic carbocycles. The molecule has 0 saturated heterocycles. The Bertz CT molecular complexity index is 702. The second-order valence-corrected chi connectivity index (χ2v) is 12.5. The molecule has 0 aliphatic heterocycles. The lowest BCUT2D eigenvalue weighted by Gasteiger charge is -2.27. The number of hydrogen-bond donors (Lipinski definition) is 1. The molecule has 29 heavy (non-hydrogen) atoms. The molecule has 0 fully saturated rings. The van der Waals surface area contributed by atoms with Crippen molar-refractivity contribution >= 4 is 27.8 Å². The first-order valence-corrected chi connectivity index (χ1v) is 11.0. The summed E-state index contributed by atoms with van der Waals surface area (Å²) >= 11 is 0. The standard InChI is InChI=1S/C20H36O8S/c1-18(2,3)10-13(21)14(16(22)27-11-19(4,5)6)15(29(24,25)26)17(23)28-12-20(7,8)9/h14-15H,10-12H2,1-9H3,(H,24,25,26). The molecule has 8 nitrogen and oxygen atoms in total. The van der Waals surface area contributed by atoms with E-state index in [0.717, 1.165) is 0 Å². The monoisotopic (exact) mass is 436 g/mol. The van der Waals surface area contributed by atoms with Crippen LogP contribution in [0.25, 0.3) is 0 Å². The van der Waals surface area contributed by atoms with Crippen LogP contribution >= 0.6 is 0 Å². The van der Waals surface area contributed by atoms with Gasteiger partial charge in [-0.1, -0.05) is 62.3 Å². The van der Waals surface area contributed by atoms with Crippen LogP contribution in [0.5, 0.6) is 0 Å². The Kier molecular flexibility index (Phi) is 9.07. The Morgan fingerprint density at radius 3 is 1.45 bits per heavy atom. The van der Waals surface area contributed by atoms with Gasteiger partial charge in [-0.3, -0.25) is 18.9 Å². The first-order chi connectivity index (χ1) is 12.6. The molecule has 2 unspecified atom stereocenters. The van der Waals surface area contributed by atoms with Crippen LogP contribution in [0.4, 0.5) is 0 Å². The van der Waals surface area contributed by atoms with Crippen molar-refractivity contribution in [3.63, 3.8) is 0 Å². The van der Waals surface area contributed by atoms with Crippen molar-refractivity contribution in [3.05, 3.63) is 0 Å². The minimum atomic E-state index is -5.13. The van der Waals surface area contributed by atoms with E-state index in [-0.39, 0.29) is 19.6 Å². The van der Waals surface area contributed by atoms with Gasteiger partial charge in [0, 0.05) is 6.42 Å². The molecular formula is C20H36O8S. The van der Waals surface area contributed by atoms with Crippen molar-refractivity contribution in [2.75, 3.05) is 13.2 Å². The molecule has 0 amide bonds. The van der Waals surface area contributed by atoms with Crippen LogP contribution in [0.1, 0.15) is 68.7 Å². The molecule has 0 aliphatic rings. The van der Waals surface area contributed by atoms with E-state index < -0.39 is 55.3 Å². The number of carbonyl (C=O) groups excluding carboxylic acids is 3. The molecule has 0 heterocycles. The fourth-order valence-corrected chi connectivity index (χ4v) is 3.15. The third-order valence-corrected chi connectivity index (χ3v) is 4.56. The van der Waals surface area contributed by atoms with E-state index in [1.165, 1.54) is 0 Å². The van der Waals surface area contributed by atoms with Crippen molar-refractivity contribution in [1.82, 2.24) is 0 Å². The Hall–Kier alpha value is -1.48. The van der Waals surface area contributed by atoms with Gasteiger partial charge >= 0.3 is 11.9 Å². The van der Waals surface area contributed by atoms with Crippen LogP contribution in [-0.2, 0) is 34.0 Å². The second kappa shape index (κ2) is 9.55. The SMILES string of the molecule is CC(C)(C)COC(=O)C(C(=O)CC(C)(C)C)C(C(=O)OCC(C)(C)C)S(=O)(=O)O. The number of esters is 2. The van der Waals surface area contributed by atoms with E-state index in [4.69, 9.17) is 9.47 Å². The van der Waals surface area contributed by atoms with Gasteiger partial charge in [0.2, 0.25) is 5.25 Å². The zero-order valence-corrected chi connectivity index (χ0v) is 19.8. The van der Waals surface area contributed by atoms with E-state index in [1.54, 1.807) is 62.3 Å². The summed E-state index contributed by atoms with van der Waals surface area (Å²) in [7, 11) is -5.13. The molecule has 1 N–H and O–H groups in total. The minimum Gasteiger partial charge on any atom is -0.465 e. The predicted molar refractivity (Wildman–Crippen MR) is 109 cm³/mol. The van der Waals surface area contributed by atoms with E-state index in [1.807, 2.05) is 0 Å². The first kappa shape index (κ1) is 27.5. The van der Waals surface area contributed by atoms with Crippen LogP contribution in [-0.4, -0.2) is 49.2 Å². The van der Waals surface area contributed by atoms with Gasteiger partial charge in [-0.15, -0.1) is 0 Å². The number of ketones is 1. The molecule has 0 bridgehead atoms. The second-order valence-electron chi connectivity index (χ2n) is 11.0. The summed E-state index contributed by atoms with van der Waals surface area (Å²) in [6, 6.07) is 0. The average molecular weight is 437 g/mol. The highest BCUT2D eigenvalue weighted by molar-refractivity contribution is 7.87. The molecule has 2 atom stereocenters. The summed E-state index contributed by atoms with van der Waals surface area (Å²) < 4.78 is 43.8. The maximum absolute atomic E-state index is 12.8. The summed E-state index contributed by atoms with van der Waals surface area (Å²) in [6.07, 6.45) is -0.194. The lowest BCUT2D eigenvalue weighted by atomic mass is 9.84. The van der Waals surface area contributed by atoms with Crippen LogP contribution < -0.4 is 0 Å². The topological polar surface area (TPSA) is 124 Å². The first-order valence-electron chi connectivity index (χ1n) is 9.46. The maximum atomic E-state index is 12.8. The van der Waals surface area contributed by atoms with Crippen LogP contribution in [0.15, 0.2) is 0 Å². The minimum absolute atomic E-state index is 0.0969. The van der Waals surface area contributed by atoms with Gasteiger partial charge in [-0.25, -0.2) is 0 Å². The van der Waals surface area contributed by atoms with Crippen molar-refractivity contribution in [2.24, 2.45) is 22.2 Å². The van der Waals surface area contributed by atoms with Gasteiger partial charge in [0.05, 0.1) is 13.2 Å². The zero-order valence-electron chi connectivity index (χ0n) is 19.0. The van der Waals surface area contributed by atoms with Gasteiger partial charge < -0.3 is 9.47 Å². The predicted octanol–water partition coefficient (Wildman–Crippen LogP) is 3.04. The van der Waals surface area contributed by atoms with E-state index in [0.29, 0.717) is 0 Å². The molecule has 0 aromatic heterocycles. The Morgan fingerprint density at radius 2 is 1.14 bits per heavy atom. The smallest absolute Gasteiger partial charge is 0.328 e. The van der Waals surface area contributed by atoms with Gasteiger partial charge in [-0.05, 0) is 16.2 Å². The molecule has 0 aliphatic carbocycles. The van der Waals surface area contributed by atoms with Gasteiger partial charge in [0.1, 0.15) is 11.7 Å². The third kappa shape index (κ3) is 11.3. The highest BCUT2D eigenvalue weighted by Gasteiger charge is 2.49. The van der Waals surface area contributed by atoms with E-state index in [9.17, 15) is 27.4 Å². The van der Waals surface area contributed by atoms with Crippen molar-refractivity contribution < 1.29 is 36.8 Å². The lowest BCUT2D eigenvalue weighted by molar-refractivity contribution is -0.160. The molecule has 0 saturated carbocycles. The normalized spacial score (nSPS) is 15.4.